The van der Waals surface area contributed by atoms with Crippen LogP contribution in [0.15, 0.2) is 16.2 Å². The molecule has 6 heteroatoms. The minimum Gasteiger partial charge on any atom is -0.375 e. The van der Waals surface area contributed by atoms with Crippen molar-refractivity contribution in [1.82, 2.24) is 15.2 Å². The number of aromatic amines is 1. The quantitative estimate of drug-likeness (QED) is 0.805. The summed E-state index contributed by atoms with van der Waals surface area (Å²) in [6.45, 7) is 0. The number of nitrogens with zero attached hydrogens (tertiary/aromatic N) is 2. The number of anilines is 1. The van der Waals surface area contributed by atoms with Crippen LogP contribution >= 0.6 is 27.3 Å². The van der Waals surface area contributed by atoms with Crippen LogP contribution in [0.25, 0.3) is 11.3 Å². The van der Waals surface area contributed by atoms with E-state index < -0.39 is 0 Å². The molecule has 0 saturated heterocycles. The van der Waals surface area contributed by atoms with Crippen LogP contribution in [-0.2, 0) is 0 Å². The van der Waals surface area contributed by atoms with Gasteiger partial charge in [0.15, 0.2) is 5.13 Å². The second kappa shape index (κ2) is 2.87. The number of nitrogen functional groups attached to an aromatic ring is 1. The van der Waals surface area contributed by atoms with Gasteiger partial charge in [-0.25, -0.2) is 4.98 Å². The van der Waals surface area contributed by atoms with Gasteiger partial charge < -0.3 is 5.73 Å². The summed E-state index contributed by atoms with van der Waals surface area (Å²) in [4.78, 5) is 4.12. The molecule has 2 aromatic heterocycles. The summed E-state index contributed by atoms with van der Waals surface area (Å²) in [6.07, 6.45) is 1.71. The number of H-pyrrole nitrogens is 1. The van der Waals surface area contributed by atoms with E-state index in [1.165, 1.54) is 11.3 Å². The fourth-order valence-electron chi connectivity index (χ4n) is 0.860. The molecule has 4 nitrogen and oxygen atoms in total. The number of hydrogen-bond donors (Lipinski definition) is 2. The summed E-state index contributed by atoms with van der Waals surface area (Å²) in [7, 11) is 0. The Bertz CT molecular complexity index is 394. The van der Waals surface area contributed by atoms with E-state index in [2.05, 4.69) is 31.1 Å². The van der Waals surface area contributed by atoms with Crippen molar-refractivity contribution in [2.45, 2.75) is 0 Å². The average Bonchev–Trinajstić information content (AvgIpc) is 2.58. The molecule has 0 amide bonds. The Morgan fingerprint density at radius 2 is 2.42 bits per heavy atom. The lowest BCUT2D eigenvalue weighted by Gasteiger charge is -1.88. The lowest BCUT2D eigenvalue weighted by Crippen LogP contribution is -1.81. The fourth-order valence-corrected chi connectivity index (χ4v) is 1.83. The lowest BCUT2D eigenvalue weighted by molar-refractivity contribution is 1.07. The maximum absolute atomic E-state index is 5.50. The molecule has 2 heterocycles. The topological polar surface area (TPSA) is 67.6 Å². The smallest absolute Gasteiger partial charge is 0.180 e. The number of nitrogens with two attached hydrogens (primary N) is 1. The number of aromatic nitrogens is 3. The highest BCUT2D eigenvalue weighted by atomic mass is 79.9. The van der Waals surface area contributed by atoms with Crippen LogP contribution in [0.3, 0.4) is 0 Å². The molecular formula is C6H5BrN4S. The zero-order valence-electron chi connectivity index (χ0n) is 5.91. The van der Waals surface area contributed by atoms with Gasteiger partial charge in [0.25, 0.3) is 0 Å². The number of rotatable bonds is 1. The Hall–Kier alpha value is -0.880. The zero-order valence-corrected chi connectivity index (χ0v) is 8.32. The number of hydrogen-bond acceptors (Lipinski definition) is 4. The van der Waals surface area contributed by atoms with Gasteiger partial charge in [-0.1, -0.05) is 0 Å². The van der Waals surface area contributed by atoms with Crippen molar-refractivity contribution in [3.63, 3.8) is 0 Å². The van der Waals surface area contributed by atoms with Crippen LogP contribution in [0.4, 0.5) is 5.13 Å². The molecule has 0 atom stereocenters. The van der Waals surface area contributed by atoms with Crippen LogP contribution in [0.2, 0.25) is 0 Å². The Labute approximate surface area is 81.0 Å². The van der Waals surface area contributed by atoms with Gasteiger partial charge in [0, 0.05) is 5.38 Å². The first-order valence-electron chi connectivity index (χ1n) is 3.17. The molecule has 0 aliphatic heterocycles. The van der Waals surface area contributed by atoms with E-state index in [0.717, 1.165) is 15.9 Å². The van der Waals surface area contributed by atoms with E-state index in [4.69, 9.17) is 5.73 Å². The third-order valence-corrected chi connectivity index (χ3v) is 2.67. The van der Waals surface area contributed by atoms with Crippen molar-refractivity contribution in [2.75, 3.05) is 5.73 Å². The van der Waals surface area contributed by atoms with Crippen molar-refractivity contribution in [1.29, 1.82) is 0 Å². The Morgan fingerprint density at radius 1 is 1.58 bits per heavy atom. The highest BCUT2D eigenvalue weighted by Crippen LogP contribution is 2.27. The van der Waals surface area contributed by atoms with Crippen LogP contribution in [0.5, 0.6) is 0 Å². The molecule has 0 radical (unpaired) electrons. The summed E-state index contributed by atoms with van der Waals surface area (Å²) in [6, 6.07) is 0. The average molecular weight is 245 g/mol. The predicted octanol–water partition coefficient (Wildman–Crippen LogP) is 1.88. The van der Waals surface area contributed by atoms with Gasteiger partial charge in [-0.3, -0.25) is 5.10 Å². The molecule has 2 aromatic rings. The van der Waals surface area contributed by atoms with Crippen molar-refractivity contribution in [3.05, 3.63) is 16.2 Å². The second-order valence-corrected chi connectivity index (χ2v) is 3.85. The largest absolute Gasteiger partial charge is 0.375 e. The molecule has 12 heavy (non-hydrogen) atoms. The van der Waals surface area contributed by atoms with Gasteiger partial charge in [0.05, 0.1) is 17.5 Å². The molecule has 0 aliphatic rings. The van der Waals surface area contributed by atoms with Crippen LogP contribution in [-0.4, -0.2) is 15.2 Å². The Morgan fingerprint density at radius 3 is 2.92 bits per heavy atom. The Balaban J connectivity index is 2.50. The van der Waals surface area contributed by atoms with Crippen LogP contribution < -0.4 is 5.73 Å². The molecule has 2 rings (SSSR count). The first-order chi connectivity index (χ1) is 5.77. The third-order valence-electron chi connectivity index (χ3n) is 1.39. The first-order valence-corrected chi connectivity index (χ1v) is 4.85. The maximum atomic E-state index is 5.50. The zero-order chi connectivity index (χ0) is 8.55. The highest BCUT2D eigenvalue weighted by Gasteiger charge is 2.07. The third kappa shape index (κ3) is 1.23. The monoisotopic (exact) mass is 244 g/mol. The lowest BCUT2D eigenvalue weighted by atomic mass is 10.3. The predicted molar refractivity (Wildman–Crippen MR) is 51.8 cm³/mol. The van der Waals surface area contributed by atoms with E-state index in [1.807, 2.05) is 5.38 Å². The molecule has 0 spiro atoms. The molecular weight excluding hydrogens is 240 g/mol. The summed E-state index contributed by atoms with van der Waals surface area (Å²) in [5, 5.41) is 9.09. The van der Waals surface area contributed by atoms with E-state index in [9.17, 15) is 0 Å². The fraction of sp³-hybridized carbons (Fsp3) is 0. The normalized spacial score (nSPS) is 10.4. The van der Waals surface area contributed by atoms with E-state index in [-0.39, 0.29) is 0 Å². The van der Waals surface area contributed by atoms with Crippen molar-refractivity contribution < 1.29 is 0 Å². The first kappa shape index (κ1) is 7.75. The van der Waals surface area contributed by atoms with Crippen molar-refractivity contribution in [2.24, 2.45) is 0 Å². The van der Waals surface area contributed by atoms with Gasteiger partial charge >= 0.3 is 0 Å². The molecule has 0 bridgehead atoms. The van der Waals surface area contributed by atoms with Gasteiger partial charge in [-0.2, -0.15) is 5.10 Å². The van der Waals surface area contributed by atoms with Crippen molar-refractivity contribution >= 4 is 32.4 Å². The van der Waals surface area contributed by atoms with Gasteiger partial charge in [0.1, 0.15) is 4.60 Å². The summed E-state index contributed by atoms with van der Waals surface area (Å²) in [5.74, 6) is 0. The molecule has 0 unspecified atom stereocenters. The van der Waals surface area contributed by atoms with Crippen LogP contribution in [0, 0.1) is 0 Å². The van der Waals surface area contributed by atoms with Gasteiger partial charge in [-0.15, -0.1) is 11.3 Å². The van der Waals surface area contributed by atoms with E-state index in [1.54, 1.807) is 6.20 Å². The SMILES string of the molecule is Nc1nc(-c2cn[nH]c2Br)cs1. The molecule has 0 fully saturated rings. The van der Waals surface area contributed by atoms with E-state index >= 15 is 0 Å². The number of nitrogens with one attached hydrogen (secondary N) is 1. The van der Waals surface area contributed by atoms with Crippen LogP contribution in [0.1, 0.15) is 0 Å². The summed E-state index contributed by atoms with van der Waals surface area (Å²) >= 11 is 4.73. The minimum absolute atomic E-state index is 0.568. The maximum Gasteiger partial charge on any atom is 0.180 e. The second-order valence-electron chi connectivity index (χ2n) is 2.17. The Kier molecular flexibility index (Phi) is 1.86. The highest BCUT2D eigenvalue weighted by molar-refractivity contribution is 9.10. The van der Waals surface area contributed by atoms with Crippen molar-refractivity contribution in [3.8, 4) is 11.3 Å². The summed E-state index contributed by atoms with van der Waals surface area (Å²) < 4.78 is 0.827. The summed E-state index contributed by atoms with van der Waals surface area (Å²) in [5.41, 5.74) is 7.28. The van der Waals surface area contributed by atoms with Gasteiger partial charge in [0.2, 0.25) is 0 Å². The molecule has 0 saturated carbocycles. The molecule has 0 aliphatic carbocycles. The van der Waals surface area contributed by atoms with E-state index in [0.29, 0.717) is 5.13 Å². The molecule has 0 aromatic carbocycles. The molecule has 3 N–H and O–H groups in total. The number of halogens is 1. The number of thiazole rings is 1. The minimum atomic E-state index is 0.568. The molecule has 62 valence electrons. The standard InChI is InChI=1S/C6H5BrN4S/c7-5-3(1-9-11-5)4-2-12-6(8)10-4/h1-2H,(H2,8,10)(H,9,11). The van der Waals surface area contributed by atoms with Gasteiger partial charge in [-0.05, 0) is 15.9 Å².